The molecule has 11 aromatic rings. The van der Waals surface area contributed by atoms with Gasteiger partial charge in [-0.3, -0.25) is 0 Å². The van der Waals surface area contributed by atoms with E-state index in [1.54, 1.807) is 6.08 Å². The van der Waals surface area contributed by atoms with E-state index in [9.17, 15) is 0 Å². The van der Waals surface area contributed by atoms with E-state index >= 15 is 0 Å². The number of hydrogen-bond acceptors (Lipinski definition) is 0. The molecule has 2 nitrogen and oxygen atoms in total. The van der Waals surface area contributed by atoms with Gasteiger partial charge in [0, 0.05) is 44.3 Å². The van der Waals surface area contributed by atoms with E-state index in [1.165, 1.54) is 133 Å². The number of aromatic nitrogens is 2. The summed E-state index contributed by atoms with van der Waals surface area (Å²) in [5.74, 6) is 0.265. The van der Waals surface area contributed by atoms with Crippen molar-refractivity contribution in [3.8, 4) is 33.6 Å². The van der Waals surface area contributed by atoms with Gasteiger partial charge in [-0.25, -0.2) is 0 Å². The second kappa shape index (κ2) is 24.0. The van der Waals surface area contributed by atoms with E-state index in [0.717, 1.165) is 6.42 Å². The maximum Gasteiger partial charge on any atom is 0.0544 e. The van der Waals surface area contributed by atoms with Crippen molar-refractivity contribution in [2.45, 2.75) is 73.1 Å². The van der Waals surface area contributed by atoms with Gasteiger partial charge in [-0.2, -0.15) is 0 Å². The average Bonchev–Trinajstić information content (AvgIpc) is 3.19. The Balaban J connectivity index is 0.000000174. The lowest BCUT2D eigenvalue weighted by molar-refractivity contribution is 0.711. The highest BCUT2D eigenvalue weighted by molar-refractivity contribution is 6.13. The van der Waals surface area contributed by atoms with Crippen LogP contribution < -0.4 is 0 Å². The van der Waals surface area contributed by atoms with Gasteiger partial charge in [0.1, 0.15) is 0 Å². The van der Waals surface area contributed by atoms with Crippen LogP contribution in [0.4, 0.5) is 0 Å². The Morgan fingerprint density at radius 3 is 1.59 bits per heavy atom. The topological polar surface area (TPSA) is 9.86 Å². The van der Waals surface area contributed by atoms with Crippen LogP contribution in [0, 0.1) is 6.92 Å². The minimum absolute atomic E-state index is 0.265. The van der Waals surface area contributed by atoms with E-state index in [1.807, 2.05) is 19.1 Å². The Bertz CT molecular complexity index is 4280. The van der Waals surface area contributed by atoms with Gasteiger partial charge in [-0.05, 0) is 181 Å². The number of para-hydroxylation sites is 2. The Kier molecular flexibility index (Phi) is 16.3. The summed E-state index contributed by atoms with van der Waals surface area (Å²) >= 11 is 0. The van der Waals surface area contributed by atoms with Gasteiger partial charge in [-0.15, -0.1) is 6.58 Å². The first-order chi connectivity index (χ1) is 39.5. The summed E-state index contributed by atoms with van der Waals surface area (Å²) in [5.41, 5.74) is 24.9. The molecule has 2 atom stereocenters. The smallest absolute Gasteiger partial charge is 0.0544 e. The van der Waals surface area contributed by atoms with Crippen molar-refractivity contribution in [3.63, 3.8) is 0 Å². The van der Waals surface area contributed by atoms with Crippen molar-refractivity contribution in [1.29, 1.82) is 0 Å². The minimum atomic E-state index is -0.303. The van der Waals surface area contributed by atoms with E-state index in [2.05, 4.69) is 301 Å². The quantitative estimate of drug-likeness (QED) is 0.0902. The molecule has 0 aliphatic heterocycles. The minimum Gasteiger partial charge on any atom is -0.309 e. The zero-order chi connectivity index (χ0) is 56.8. The van der Waals surface area contributed by atoms with Gasteiger partial charge in [-0.1, -0.05) is 221 Å². The largest absolute Gasteiger partial charge is 0.309 e. The molecule has 1 aliphatic rings. The number of allylic oxidation sites excluding steroid dienone is 11. The molecule has 0 fully saturated rings. The van der Waals surface area contributed by atoms with Gasteiger partial charge >= 0.3 is 0 Å². The molecule has 0 spiro atoms. The molecule has 12 rings (SSSR count). The van der Waals surface area contributed by atoms with Crippen LogP contribution >= 0.6 is 0 Å². The molecule has 400 valence electrons. The fraction of sp³-hybridized carbons (Fsp3) is 0.139. The maximum atomic E-state index is 4.73. The molecule has 2 heteroatoms. The summed E-state index contributed by atoms with van der Waals surface area (Å²) in [7, 11) is 0. The lowest BCUT2D eigenvalue weighted by Crippen LogP contribution is -2.23. The molecular formula is C79H74N2. The first-order valence-electron chi connectivity index (χ1n) is 28.6. The van der Waals surface area contributed by atoms with Crippen LogP contribution in [0.25, 0.3) is 88.4 Å². The van der Waals surface area contributed by atoms with Crippen LogP contribution in [0.5, 0.6) is 0 Å². The summed E-state index contributed by atoms with van der Waals surface area (Å²) in [5, 5.41) is 5.11. The summed E-state index contributed by atoms with van der Waals surface area (Å²) in [6.45, 7) is 29.5. The Morgan fingerprint density at radius 2 is 1.05 bits per heavy atom. The Morgan fingerprint density at radius 1 is 0.543 bits per heavy atom. The first kappa shape index (κ1) is 55.1. The molecule has 2 unspecified atom stereocenters. The second-order valence-corrected chi connectivity index (χ2v) is 21.5. The molecule has 2 heterocycles. The summed E-state index contributed by atoms with van der Waals surface area (Å²) < 4.78 is 4.87. The van der Waals surface area contributed by atoms with E-state index in [4.69, 9.17) is 6.58 Å². The highest BCUT2D eigenvalue weighted by Crippen LogP contribution is 2.55. The number of aryl methyl sites for hydroxylation is 1. The maximum absolute atomic E-state index is 4.73. The molecule has 2 aromatic heterocycles. The molecule has 81 heavy (non-hydrogen) atoms. The van der Waals surface area contributed by atoms with Gasteiger partial charge in [0.05, 0.1) is 22.1 Å². The van der Waals surface area contributed by atoms with Crippen molar-refractivity contribution in [1.82, 2.24) is 9.13 Å². The SMILES string of the molecule is C=C/C=C\C=C(/C)C(C)c1cc2c(cc1/C(C)=C/C)c1ccccc1n2-c1cccc(-c2ccccc2)c1.C=C1/C(=C\CC)c2cc3c4ccccc4n(-c4cccc(-c5ccccc5)c4)c3cc2C1(C)c1ccccc1C.C=CC. The lowest BCUT2D eigenvalue weighted by Gasteiger charge is -2.30. The third kappa shape index (κ3) is 10.4. The number of rotatable bonds is 11. The van der Waals surface area contributed by atoms with Gasteiger partial charge in [0.25, 0.3) is 0 Å². The number of fused-ring (bicyclic) bond motifs is 7. The molecule has 0 N–H and O–H groups in total. The van der Waals surface area contributed by atoms with E-state index < -0.39 is 0 Å². The molecule has 1 aliphatic carbocycles. The molecule has 0 saturated carbocycles. The fourth-order valence-electron chi connectivity index (χ4n) is 12.2. The van der Waals surface area contributed by atoms with E-state index in [0.29, 0.717) is 0 Å². The monoisotopic (exact) mass is 1050 g/mol. The fourth-order valence-corrected chi connectivity index (χ4v) is 12.2. The van der Waals surface area contributed by atoms with Crippen LogP contribution in [0.15, 0.2) is 280 Å². The van der Waals surface area contributed by atoms with Crippen LogP contribution in [0.2, 0.25) is 0 Å². The summed E-state index contributed by atoms with van der Waals surface area (Å²) in [6.07, 6.45) is 15.4. The predicted octanol–water partition coefficient (Wildman–Crippen LogP) is 22.3. The summed E-state index contributed by atoms with van der Waals surface area (Å²) in [6, 6.07) is 75.1. The van der Waals surface area contributed by atoms with Crippen LogP contribution in [-0.2, 0) is 5.41 Å². The van der Waals surface area contributed by atoms with Crippen molar-refractivity contribution >= 4 is 54.8 Å². The third-order valence-electron chi connectivity index (χ3n) is 16.5. The zero-order valence-electron chi connectivity index (χ0n) is 48.5. The Labute approximate surface area is 481 Å². The molecular weight excluding hydrogens is 977 g/mol. The molecule has 0 radical (unpaired) electrons. The molecule has 9 aromatic carbocycles. The highest BCUT2D eigenvalue weighted by Gasteiger charge is 2.43. The third-order valence-corrected chi connectivity index (χ3v) is 16.5. The van der Waals surface area contributed by atoms with Crippen LogP contribution in [0.3, 0.4) is 0 Å². The zero-order valence-corrected chi connectivity index (χ0v) is 48.5. The predicted molar refractivity (Wildman–Crippen MR) is 354 cm³/mol. The van der Waals surface area contributed by atoms with E-state index in [-0.39, 0.29) is 11.3 Å². The number of hydrogen-bond donors (Lipinski definition) is 0. The van der Waals surface area contributed by atoms with Gasteiger partial charge < -0.3 is 9.13 Å². The normalized spacial score (nSPS) is 15.2. The standard InChI is InChI=1S/C39H33N.C37H35N.C3H6/c1-5-14-31-27(3)39(4,35-21-11-9-15-26(35)2)36-25-38-34(24-33(31)36)32-20-10-12-22-37(32)40(38)30-19-13-18-29(23-30)28-16-7-6-8-17-28;1-6-8-10-16-27(4)28(5)34-25-37-35(24-33(34)26(3)7-2)32-21-13-14-22-36(32)38(37)31-20-15-19-30(23-31)29-17-11-9-12-18-29;1-3-2/h6-25H,3,5H2,1-2,4H3;6-25,28H,1H2,2-5H3;3H,1H2,2H3/b31-14+;10-8-,26-7+,27-16+;. The van der Waals surface area contributed by atoms with Crippen LogP contribution in [0.1, 0.15) is 94.2 Å². The van der Waals surface area contributed by atoms with Gasteiger partial charge in [0.2, 0.25) is 0 Å². The van der Waals surface area contributed by atoms with Crippen molar-refractivity contribution in [3.05, 3.63) is 313 Å². The Hall–Kier alpha value is -9.24. The summed E-state index contributed by atoms with van der Waals surface area (Å²) in [4.78, 5) is 0. The average molecular weight is 1050 g/mol. The first-order valence-corrected chi connectivity index (χ1v) is 28.6. The highest BCUT2D eigenvalue weighted by atomic mass is 15.0. The number of nitrogens with zero attached hydrogens (tertiary/aromatic N) is 2. The van der Waals surface area contributed by atoms with Crippen molar-refractivity contribution in [2.75, 3.05) is 0 Å². The van der Waals surface area contributed by atoms with Crippen molar-refractivity contribution in [2.24, 2.45) is 0 Å². The number of benzene rings is 9. The van der Waals surface area contributed by atoms with Crippen LogP contribution in [-0.4, -0.2) is 9.13 Å². The lowest BCUT2D eigenvalue weighted by atomic mass is 9.73. The second-order valence-electron chi connectivity index (χ2n) is 21.5. The molecule has 0 saturated heterocycles. The van der Waals surface area contributed by atoms with Gasteiger partial charge in [0.15, 0.2) is 0 Å². The molecule has 0 bridgehead atoms. The molecule has 0 amide bonds. The van der Waals surface area contributed by atoms with Crippen molar-refractivity contribution < 1.29 is 0 Å².